The van der Waals surface area contributed by atoms with Crippen molar-refractivity contribution < 1.29 is 18.6 Å². The van der Waals surface area contributed by atoms with Gasteiger partial charge in [0.15, 0.2) is 0 Å². The zero-order valence-corrected chi connectivity index (χ0v) is 18.2. The van der Waals surface area contributed by atoms with Crippen molar-refractivity contribution in [2.45, 2.75) is 58.6 Å². The lowest BCUT2D eigenvalue weighted by Crippen LogP contribution is -2.45. The average molecular weight is 421 g/mol. The number of piperidine rings is 1. The van der Waals surface area contributed by atoms with Crippen LogP contribution in [0.2, 0.25) is 0 Å². The van der Waals surface area contributed by atoms with Crippen molar-refractivity contribution in [1.82, 2.24) is 16.0 Å². The van der Waals surface area contributed by atoms with Crippen molar-refractivity contribution in [1.29, 1.82) is 5.26 Å². The number of hydrogen-bond acceptors (Lipinski definition) is 5. The van der Waals surface area contributed by atoms with Crippen molar-refractivity contribution in [2.24, 2.45) is 11.8 Å². The summed E-state index contributed by atoms with van der Waals surface area (Å²) in [5.74, 6) is 1.26. The number of ether oxygens (including phenoxy) is 1. The Morgan fingerprint density at radius 2 is 2.10 bits per heavy atom. The van der Waals surface area contributed by atoms with Gasteiger partial charge < -0.3 is 20.7 Å². The molecule has 3 rings (SSSR count). The quantitative estimate of drug-likeness (QED) is 0.629. The molecular formula is C23H40N4O3. The second kappa shape index (κ2) is 12.2. The summed E-state index contributed by atoms with van der Waals surface area (Å²) in [5.41, 5.74) is 1.18. The van der Waals surface area contributed by atoms with Crippen LogP contribution in [0.5, 0.6) is 5.75 Å². The van der Waals surface area contributed by atoms with E-state index >= 15 is 0 Å². The third kappa shape index (κ3) is 8.03. The minimum absolute atomic E-state index is 0. The second-order valence-corrected chi connectivity index (χ2v) is 8.53. The third-order valence-electron chi connectivity index (χ3n) is 4.78. The SMILES string of the molecule is CC(C)C.N#C[C@H](C[C@@H]1CCCNC1=O)NC(=O)CNCC1Cc2ccccc2O1.[HH].[HH].[HH]. The molecule has 0 aliphatic carbocycles. The van der Waals surface area contributed by atoms with E-state index in [-0.39, 0.29) is 34.7 Å². The maximum Gasteiger partial charge on any atom is 0.234 e. The van der Waals surface area contributed by atoms with Gasteiger partial charge in [-0.25, -0.2) is 0 Å². The first kappa shape index (κ1) is 23.7. The number of rotatable bonds is 7. The number of nitriles is 1. The molecule has 2 aliphatic heterocycles. The third-order valence-corrected chi connectivity index (χ3v) is 4.78. The van der Waals surface area contributed by atoms with Gasteiger partial charge in [0, 0.05) is 29.7 Å². The monoisotopic (exact) mass is 420 g/mol. The van der Waals surface area contributed by atoms with Gasteiger partial charge >= 0.3 is 0 Å². The van der Waals surface area contributed by atoms with E-state index in [0.29, 0.717) is 19.5 Å². The highest BCUT2D eigenvalue weighted by Gasteiger charge is 2.26. The van der Waals surface area contributed by atoms with Crippen LogP contribution in [0.1, 0.15) is 49.9 Å². The fourth-order valence-electron chi connectivity index (χ4n) is 3.45. The molecule has 1 aromatic carbocycles. The van der Waals surface area contributed by atoms with Crippen LogP contribution < -0.4 is 20.7 Å². The Labute approximate surface area is 184 Å². The zero-order valence-electron chi connectivity index (χ0n) is 18.2. The molecule has 0 radical (unpaired) electrons. The van der Waals surface area contributed by atoms with E-state index in [2.05, 4.69) is 42.8 Å². The lowest BCUT2D eigenvalue weighted by molar-refractivity contribution is -0.127. The minimum atomic E-state index is -0.648. The molecule has 0 bridgehead atoms. The predicted molar refractivity (Wildman–Crippen MR) is 122 cm³/mol. The first-order chi connectivity index (χ1) is 14.4. The summed E-state index contributed by atoms with van der Waals surface area (Å²) >= 11 is 0. The van der Waals surface area contributed by atoms with Gasteiger partial charge in [0.25, 0.3) is 0 Å². The number of amides is 2. The number of benzene rings is 1. The zero-order chi connectivity index (χ0) is 21.9. The van der Waals surface area contributed by atoms with Crippen LogP contribution in [0.4, 0.5) is 0 Å². The topological polar surface area (TPSA) is 103 Å². The van der Waals surface area contributed by atoms with Crippen molar-refractivity contribution in [3.8, 4) is 11.8 Å². The van der Waals surface area contributed by atoms with E-state index in [4.69, 9.17) is 4.74 Å². The summed E-state index contributed by atoms with van der Waals surface area (Å²) in [6.07, 6.45) is 2.86. The maximum atomic E-state index is 12.1. The van der Waals surface area contributed by atoms with E-state index in [9.17, 15) is 14.9 Å². The Balaban J connectivity index is 0. The Bertz CT molecular complexity index is 731. The average Bonchev–Trinajstić information content (AvgIpc) is 3.11. The molecule has 7 heteroatoms. The van der Waals surface area contributed by atoms with Gasteiger partial charge in [-0.05, 0) is 36.8 Å². The molecule has 7 nitrogen and oxygen atoms in total. The van der Waals surface area contributed by atoms with Crippen molar-refractivity contribution in [2.75, 3.05) is 19.6 Å². The van der Waals surface area contributed by atoms with Gasteiger partial charge in [0.1, 0.15) is 17.9 Å². The van der Waals surface area contributed by atoms with E-state index in [1.54, 1.807) is 0 Å². The number of hydrogen-bond donors (Lipinski definition) is 3. The molecule has 0 spiro atoms. The minimum Gasteiger partial charge on any atom is -0.488 e. The molecule has 3 atom stereocenters. The van der Waals surface area contributed by atoms with Crippen molar-refractivity contribution in [3.05, 3.63) is 29.8 Å². The Morgan fingerprint density at radius 1 is 1.37 bits per heavy atom. The van der Waals surface area contributed by atoms with E-state index < -0.39 is 6.04 Å². The van der Waals surface area contributed by atoms with Crippen LogP contribution in [0.25, 0.3) is 0 Å². The van der Waals surface area contributed by atoms with Crippen LogP contribution >= 0.6 is 0 Å². The fourth-order valence-corrected chi connectivity index (χ4v) is 3.45. The van der Waals surface area contributed by atoms with Crippen LogP contribution in [0.3, 0.4) is 0 Å². The summed E-state index contributed by atoms with van der Waals surface area (Å²) < 4.78 is 5.81. The van der Waals surface area contributed by atoms with E-state index in [1.807, 2.05) is 24.3 Å². The summed E-state index contributed by atoms with van der Waals surface area (Å²) in [4.78, 5) is 23.8. The van der Waals surface area contributed by atoms with Gasteiger partial charge in [-0.3, -0.25) is 9.59 Å². The number of fused-ring (bicyclic) bond motifs is 1. The second-order valence-electron chi connectivity index (χ2n) is 8.53. The molecule has 2 aliphatic rings. The molecule has 2 heterocycles. The summed E-state index contributed by atoms with van der Waals surface area (Å²) in [6, 6.07) is 9.35. The van der Waals surface area contributed by atoms with Crippen LogP contribution in [0.15, 0.2) is 24.3 Å². The van der Waals surface area contributed by atoms with Gasteiger partial charge in [0.2, 0.25) is 11.8 Å². The number of para-hydroxylation sites is 1. The van der Waals surface area contributed by atoms with Gasteiger partial charge in [-0.2, -0.15) is 5.26 Å². The Hall–Kier alpha value is -2.59. The highest BCUT2D eigenvalue weighted by atomic mass is 16.5. The molecule has 0 saturated carbocycles. The highest BCUT2D eigenvalue weighted by molar-refractivity contribution is 5.80. The highest BCUT2D eigenvalue weighted by Crippen LogP contribution is 2.27. The first-order valence-electron chi connectivity index (χ1n) is 10.8. The van der Waals surface area contributed by atoms with Crippen LogP contribution in [0, 0.1) is 23.2 Å². The number of nitrogens with zero attached hydrogens (tertiary/aromatic N) is 1. The van der Waals surface area contributed by atoms with Gasteiger partial charge in [-0.15, -0.1) is 0 Å². The Morgan fingerprint density at radius 3 is 2.77 bits per heavy atom. The summed E-state index contributed by atoms with van der Waals surface area (Å²) in [5, 5.41) is 17.8. The molecule has 170 valence electrons. The van der Waals surface area contributed by atoms with Crippen LogP contribution in [-0.2, 0) is 16.0 Å². The normalized spacial score (nSPS) is 20.7. The molecule has 1 aromatic rings. The number of carbonyl (C=O) groups is 2. The lowest BCUT2D eigenvalue weighted by atomic mass is 9.92. The van der Waals surface area contributed by atoms with E-state index in [1.165, 1.54) is 5.56 Å². The molecule has 0 aromatic heterocycles. The molecular weight excluding hydrogens is 380 g/mol. The standard InChI is InChI=1S/C19H24N4O3.C4H10.3H2/c20-10-15(8-14-5-3-7-22-19(14)25)23-18(24)12-21-11-16-9-13-4-1-2-6-17(13)26-16;1-4(2)3;;;/h1-2,4,6,14-16,21H,3,5,7-9,11-12H2,(H,22,25)(H,23,24);4H,1-3H3;3*1H/t14-,15-,16?;;;;/m0..../s1. The summed E-state index contributed by atoms with van der Waals surface area (Å²) in [6.45, 7) is 7.87. The fraction of sp³-hybridized carbons (Fsp3) is 0.609. The molecule has 3 N–H and O–H groups in total. The summed E-state index contributed by atoms with van der Waals surface area (Å²) in [7, 11) is 0. The predicted octanol–water partition coefficient (Wildman–Crippen LogP) is 2.90. The molecule has 2 amide bonds. The first-order valence-corrected chi connectivity index (χ1v) is 10.8. The lowest BCUT2D eigenvalue weighted by Gasteiger charge is -2.24. The maximum absolute atomic E-state index is 12.1. The Kier molecular flexibility index (Phi) is 9.62. The van der Waals surface area contributed by atoms with Gasteiger partial charge in [0.05, 0.1) is 12.6 Å². The smallest absolute Gasteiger partial charge is 0.234 e. The number of nitrogens with one attached hydrogen (secondary N) is 3. The van der Waals surface area contributed by atoms with Crippen LogP contribution in [-0.4, -0.2) is 43.6 Å². The molecule has 1 fully saturated rings. The van der Waals surface area contributed by atoms with Crippen molar-refractivity contribution >= 4 is 11.8 Å². The molecule has 1 unspecified atom stereocenters. The molecule has 1 saturated heterocycles. The number of carbonyl (C=O) groups excluding carboxylic acids is 2. The van der Waals surface area contributed by atoms with Gasteiger partial charge in [-0.1, -0.05) is 39.0 Å². The largest absolute Gasteiger partial charge is 0.488 e. The van der Waals surface area contributed by atoms with E-state index in [0.717, 1.165) is 30.9 Å². The molecule has 30 heavy (non-hydrogen) atoms. The van der Waals surface area contributed by atoms with Crippen molar-refractivity contribution in [3.63, 3.8) is 0 Å².